The summed E-state index contributed by atoms with van der Waals surface area (Å²) < 4.78 is 11.7. The monoisotopic (exact) mass is 518 g/mol. The zero-order valence-corrected chi connectivity index (χ0v) is 20.5. The van der Waals surface area contributed by atoms with Gasteiger partial charge in [-0.05, 0) is 45.2 Å². The van der Waals surface area contributed by atoms with Gasteiger partial charge in [0.05, 0.1) is 11.5 Å². The fraction of sp³-hybridized carbons (Fsp3) is 0.619. The quantitative estimate of drug-likeness (QED) is 0.280. The van der Waals surface area contributed by atoms with E-state index in [9.17, 15) is 4.79 Å². The predicted octanol–water partition coefficient (Wildman–Crippen LogP) is 2.61. The summed E-state index contributed by atoms with van der Waals surface area (Å²) in [5.41, 5.74) is 1.67. The minimum Gasteiger partial charge on any atom is -0.491 e. The summed E-state index contributed by atoms with van der Waals surface area (Å²) in [4.78, 5) is 16.2. The van der Waals surface area contributed by atoms with E-state index in [1.807, 2.05) is 13.8 Å². The van der Waals surface area contributed by atoms with Crippen LogP contribution in [0.15, 0.2) is 23.2 Å². The van der Waals surface area contributed by atoms with Crippen molar-refractivity contribution >= 4 is 35.8 Å². The van der Waals surface area contributed by atoms with Crippen LogP contribution in [0.5, 0.6) is 5.75 Å². The lowest BCUT2D eigenvalue weighted by Crippen LogP contribution is -2.47. The summed E-state index contributed by atoms with van der Waals surface area (Å²) >= 11 is 0. The summed E-state index contributed by atoms with van der Waals surface area (Å²) in [5, 5.41) is 9.21. The van der Waals surface area contributed by atoms with Crippen LogP contribution in [0.4, 0.5) is 0 Å². The molecule has 0 aliphatic carbocycles. The van der Waals surface area contributed by atoms with Crippen LogP contribution in [0.25, 0.3) is 0 Å². The molecular weight excluding hydrogens is 483 g/mol. The van der Waals surface area contributed by atoms with Crippen LogP contribution < -0.4 is 20.7 Å². The van der Waals surface area contributed by atoms with Crippen molar-refractivity contribution in [3.8, 4) is 5.75 Å². The maximum atomic E-state index is 11.9. The predicted molar refractivity (Wildman–Crippen MR) is 127 cm³/mol. The number of hydrogen-bond acceptors (Lipinski definition) is 4. The molecule has 8 heteroatoms. The van der Waals surface area contributed by atoms with Gasteiger partial charge in [0.1, 0.15) is 12.4 Å². The number of ether oxygens (including phenoxy) is 2. The van der Waals surface area contributed by atoms with Crippen LogP contribution in [0.3, 0.4) is 0 Å². The number of nitrogens with zero attached hydrogens (tertiary/aromatic N) is 1. The average molecular weight is 518 g/mol. The minimum atomic E-state index is -0.536. The van der Waals surface area contributed by atoms with Gasteiger partial charge in [0.25, 0.3) is 0 Å². The fourth-order valence-corrected chi connectivity index (χ4v) is 3.02. The molecule has 1 aliphatic rings. The molecule has 1 unspecified atom stereocenters. The molecule has 0 bridgehead atoms. The Balaban J connectivity index is 0.00000420. The van der Waals surface area contributed by atoms with Gasteiger partial charge >= 0.3 is 0 Å². The lowest BCUT2D eigenvalue weighted by molar-refractivity contribution is -0.128. The lowest BCUT2D eigenvalue weighted by atomic mass is 9.92. The van der Waals surface area contributed by atoms with Gasteiger partial charge in [-0.15, -0.1) is 24.0 Å². The van der Waals surface area contributed by atoms with Gasteiger partial charge in [0, 0.05) is 39.4 Å². The number of carbonyl (C=O) groups excluding carboxylic acids is 1. The Labute approximate surface area is 191 Å². The second kappa shape index (κ2) is 12.2. The van der Waals surface area contributed by atoms with Crippen LogP contribution in [-0.2, 0) is 16.1 Å². The van der Waals surface area contributed by atoms with Crippen molar-refractivity contribution in [1.29, 1.82) is 0 Å². The number of aliphatic imine (C=N–C) groups is 1. The number of nitrogens with one attached hydrogen (secondary N) is 3. The molecule has 1 heterocycles. The van der Waals surface area contributed by atoms with Gasteiger partial charge in [-0.1, -0.05) is 12.1 Å². The van der Waals surface area contributed by atoms with E-state index in [4.69, 9.17) is 9.47 Å². The highest BCUT2D eigenvalue weighted by Gasteiger charge is 2.26. The number of rotatable bonds is 8. The Hall–Kier alpha value is -1.55. The molecule has 0 radical (unpaired) electrons. The van der Waals surface area contributed by atoms with Gasteiger partial charge in [-0.25, -0.2) is 0 Å². The molecule has 164 valence electrons. The van der Waals surface area contributed by atoms with E-state index in [2.05, 4.69) is 46.1 Å². The summed E-state index contributed by atoms with van der Waals surface area (Å²) in [5.74, 6) is 1.49. The van der Waals surface area contributed by atoms with Crippen LogP contribution in [0.2, 0.25) is 0 Å². The minimum absolute atomic E-state index is 0. The number of halogens is 1. The van der Waals surface area contributed by atoms with Crippen LogP contribution in [0.1, 0.15) is 37.8 Å². The molecule has 1 aromatic carbocycles. The molecule has 1 atom stereocenters. The number of carbonyl (C=O) groups is 1. The molecule has 1 aliphatic heterocycles. The first-order valence-corrected chi connectivity index (χ1v) is 9.86. The molecule has 1 fully saturated rings. The molecule has 1 amide bonds. The third kappa shape index (κ3) is 8.00. The van der Waals surface area contributed by atoms with Crippen molar-refractivity contribution in [2.75, 3.05) is 33.9 Å². The third-order valence-electron chi connectivity index (χ3n) is 4.88. The molecular formula is C21H35IN4O3. The van der Waals surface area contributed by atoms with Crippen molar-refractivity contribution in [1.82, 2.24) is 16.0 Å². The van der Waals surface area contributed by atoms with E-state index < -0.39 is 5.41 Å². The fourth-order valence-electron chi connectivity index (χ4n) is 3.02. The molecule has 1 saturated heterocycles. The van der Waals surface area contributed by atoms with E-state index in [1.54, 1.807) is 14.1 Å². The summed E-state index contributed by atoms with van der Waals surface area (Å²) in [6.45, 7) is 8.28. The standard InChI is InChI=1S/C21H34N4O3.HI/c1-15-8-9-16(18(11-15)28-13-17-7-6-10-27-17)12-24-20(23-5)25-14-21(2,3)19(26)22-4;/h8-9,11,17H,6-7,10,12-14H2,1-5H3,(H,22,26)(H2,23,24,25);1H. The van der Waals surface area contributed by atoms with Gasteiger partial charge < -0.3 is 25.4 Å². The molecule has 29 heavy (non-hydrogen) atoms. The number of hydrogen-bond donors (Lipinski definition) is 3. The maximum Gasteiger partial charge on any atom is 0.227 e. The van der Waals surface area contributed by atoms with Gasteiger partial charge in [-0.2, -0.15) is 0 Å². The normalized spacial score (nSPS) is 16.7. The van der Waals surface area contributed by atoms with Crippen molar-refractivity contribution < 1.29 is 14.3 Å². The highest BCUT2D eigenvalue weighted by molar-refractivity contribution is 14.0. The first kappa shape index (κ1) is 25.5. The van der Waals surface area contributed by atoms with Crippen molar-refractivity contribution in [3.63, 3.8) is 0 Å². The molecule has 0 saturated carbocycles. The van der Waals surface area contributed by atoms with E-state index in [0.29, 0.717) is 25.7 Å². The van der Waals surface area contributed by atoms with E-state index in [-0.39, 0.29) is 36.0 Å². The molecule has 1 aromatic rings. The average Bonchev–Trinajstić information content (AvgIpc) is 3.20. The Morgan fingerprint density at radius 3 is 2.72 bits per heavy atom. The molecule has 7 nitrogen and oxygen atoms in total. The molecule has 0 spiro atoms. The smallest absolute Gasteiger partial charge is 0.227 e. The third-order valence-corrected chi connectivity index (χ3v) is 4.88. The summed E-state index contributed by atoms with van der Waals surface area (Å²) in [6, 6.07) is 6.19. The van der Waals surface area contributed by atoms with Gasteiger partial charge in [0.2, 0.25) is 5.91 Å². The van der Waals surface area contributed by atoms with Crippen molar-refractivity contribution in [2.24, 2.45) is 10.4 Å². The Kier molecular flexibility index (Phi) is 10.7. The first-order valence-electron chi connectivity index (χ1n) is 9.86. The summed E-state index contributed by atoms with van der Waals surface area (Å²) in [6.07, 6.45) is 2.34. The van der Waals surface area contributed by atoms with E-state index >= 15 is 0 Å². The zero-order valence-electron chi connectivity index (χ0n) is 18.1. The topological polar surface area (TPSA) is 84.0 Å². The van der Waals surface area contributed by atoms with Crippen LogP contribution in [-0.4, -0.2) is 51.8 Å². The maximum absolute atomic E-state index is 11.9. The molecule has 3 N–H and O–H groups in total. The zero-order chi connectivity index (χ0) is 20.6. The van der Waals surface area contributed by atoms with E-state index in [1.165, 1.54) is 0 Å². The summed E-state index contributed by atoms with van der Waals surface area (Å²) in [7, 11) is 3.36. The number of benzene rings is 1. The number of aryl methyl sites for hydroxylation is 1. The molecule has 0 aromatic heterocycles. The number of guanidine groups is 1. The number of amides is 1. The Bertz CT molecular complexity index is 689. The highest BCUT2D eigenvalue weighted by Crippen LogP contribution is 2.22. The van der Waals surface area contributed by atoms with Gasteiger partial charge in [0.15, 0.2) is 5.96 Å². The lowest BCUT2D eigenvalue weighted by Gasteiger charge is -2.24. The highest BCUT2D eigenvalue weighted by atomic mass is 127. The van der Waals surface area contributed by atoms with Crippen LogP contribution >= 0.6 is 24.0 Å². The van der Waals surface area contributed by atoms with Gasteiger partial charge in [-0.3, -0.25) is 9.79 Å². The second-order valence-corrected chi connectivity index (χ2v) is 7.80. The van der Waals surface area contributed by atoms with Crippen molar-refractivity contribution in [2.45, 2.75) is 46.3 Å². The van der Waals surface area contributed by atoms with E-state index in [0.717, 1.165) is 36.3 Å². The Morgan fingerprint density at radius 1 is 1.34 bits per heavy atom. The SMILES string of the molecule is CN=C(NCc1ccc(C)cc1OCC1CCCO1)NCC(C)(C)C(=O)NC.I. The molecule has 2 rings (SSSR count). The second-order valence-electron chi connectivity index (χ2n) is 7.80. The first-order chi connectivity index (χ1) is 13.4. The Morgan fingerprint density at radius 2 is 2.10 bits per heavy atom. The van der Waals surface area contributed by atoms with Crippen LogP contribution in [0, 0.1) is 12.3 Å². The largest absolute Gasteiger partial charge is 0.491 e. The van der Waals surface area contributed by atoms with Crippen molar-refractivity contribution in [3.05, 3.63) is 29.3 Å².